The van der Waals surface area contributed by atoms with Gasteiger partial charge in [0.2, 0.25) is 10.0 Å². The minimum Gasteiger partial charge on any atom is -0.295 e. The zero-order chi connectivity index (χ0) is 16.0. The third kappa shape index (κ3) is 4.76. The molecule has 0 radical (unpaired) electrons. The Hall–Kier alpha value is -0.980. The van der Waals surface area contributed by atoms with Crippen molar-refractivity contribution in [3.05, 3.63) is 29.6 Å². The fourth-order valence-corrected chi connectivity index (χ4v) is 4.27. The lowest BCUT2D eigenvalue weighted by atomic mass is 10.2. The predicted molar refractivity (Wildman–Crippen MR) is 89.1 cm³/mol. The molecule has 1 aromatic heterocycles. The fraction of sp³-hybridized carbons (Fsp3) is 0.688. The smallest absolute Gasteiger partial charge is 0.214 e. The van der Waals surface area contributed by atoms with E-state index in [9.17, 15) is 8.42 Å². The summed E-state index contributed by atoms with van der Waals surface area (Å²) in [6.07, 6.45) is 4.62. The number of rotatable bonds is 7. The molecule has 1 aromatic rings. The molecule has 0 amide bonds. The molecular formula is C16H27N3O2S. The standard InChI is InChI=1S/C16H27N3O2S/c1-3-4-5-13-22(20,21)19-11-9-18(10-12-19)14-16-15(2)7-6-8-17-16/h6-8H,3-5,9-14H2,1-2H3. The Kier molecular flexibility index (Phi) is 6.35. The van der Waals surface area contributed by atoms with Crippen LogP contribution in [0.1, 0.15) is 37.4 Å². The minimum atomic E-state index is -3.07. The maximum atomic E-state index is 12.3. The van der Waals surface area contributed by atoms with Crippen LogP contribution in [0.2, 0.25) is 0 Å². The lowest BCUT2D eigenvalue weighted by Crippen LogP contribution is -2.48. The Morgan fingerprint density at radius 2 is 1.91 bits per heavy atom. The molecule has 6 heteroatoms. The number of hydrogen-bond acceptors (Lipinski definition) is 4. The number of nitrogens with zero attached hydrogens (tertiary/aromatic N) is 3. The van der Waals surface area contributed by atoms with E-state index in [4.69, 9.17) is 0 Å². The van der Waals surface area contributed by atoms with E-state index >= 15 is 0 Å². The van der Waals surface area contributed by atoms with E-state index in [1.54, 1.807) is 4.31 Å². The number of pyridine rings is 1. The first kappa shape index (κ1) is 17.4. The second-order valence-electron chi connectivity index (χ2n) is 5.97. The summed E-state index contributed by atoms with van der Waals surface area (Å²) in [5, 5.41) is 0. The molecule has 124 valence electrons. The van der Waals surface area contributed by atoms with Crippen molar-refractivity contribution in [2.75, 3.05) is 31.9 Å². The van der Waals surface area contributed by atoms with Crippen LogP contribution in [0.15, 0.2) is 18.3 Å². The SMILES string of the molecule is CCCCCS(=O)(=O)N1CCN(Cc2ncccc2C)CC1. The Morgan fingerprint density at radius 1 is 1.18 bits per heavy atom. The highest BCUT2D eigenvalue weighted by molar-refractivity contribution is 7.89. The number of unbranched alkanes of at least 4 members (excludes halogenated alkanes) is 2. The number of sulfonamides is 1. The first-order valence-corrected chi connectivity index (χ1v) is 9.74. The van der Waals surface area contributed by atoms with Crippen molar-refractivity contribution in [2.45, 2.75) is 39.7 Å². The molecular weight excluding hydrogens is 298 g/mol. The fourth-order valence-electron chi connectivity index (χ4n) is 2.73. The van der Waals surface area contributed by atoms with Gasteiger partial charge in [-0.15, -0.1) is 0 Å². The Labute approximate surface area is 134 Å². The van der Waals surface area contributed by atoms with Gasteiger partial charge >= 0.3 is 0 Å². The van der Waals surface area contributed by atoms with Gasteiger partial charge in [0.25, 0.3) is 0 Å². The van der Waals surface area contributed by atoms with Crippen molar-refractivity contribution in [3.63, 3.8) is 0 Å². The van der Waals surface area contributed by atoms with Crippen LogP contribution >= 0.6 is 0 Å². The van der Waals surface area contributed by atoms with Crippen molar-refractivity contribution in [2.24, 2.45) is 0 Å². The molecule has 0 spiro atoms. The Balaban J connectivity index is 1.84. The topological polar surface area (TPSA) is 53.5 Å². The van der Waals surface area contributed by atoms with Gasteiger partial charge in [0.1, 0.15) is 0 Å². The zero-order valence-corrected chi connectivity index (χ0v) is 14.5. The Morgan fingerprint density at radius 3 is 2.55 bits per heavy atom. The third-order valence-electron chi connectivity index (χ3n) is 4.22. The normalized spacial score (nSPS) is 17.7. The van der Waals surface area contributed by atoms with Gasteiger partial charge in [0.15, 0.2) is 0 Å². The quantitative estimate of drug-likeness (QED) is 0.720. The average Bonchev–Trinajstić information content (AvgIpc) is 2.50. The molecule has 0 aromatic carbocycles. The maximum absolute atomic E-state index is 12.3. The van der Waals surface area contributed by atoms with Gasteiger partial charge in [-0.25, -0.2) is 8.42 Å². The van der Waals surface area contributed by atoms with Gasteiger partial charge in [-0.3, -0.25) is 9.88 Å². The second-order valence-corrected chi connectivity index (χ2v) is 8.05. The van der Waals surface area contributed by atoms with Crippen LogP contribution in [0.5, 0.6) is 0 Å². The van der Waals surface area contributed by atoms with E-state index in [1.807, 2.05) is 12.3 Å². The van der Waals surface area contributed by atoms with Gasteiger partial charge in [-0.2, -0.15) is 4.31 Å². The zero-order valence-electron chi connectivity index (χ0n) is 13.7. The van der Waals surface area contributed by atoms with Crippen molar-refractivity contribution in [3.8, 4) is 0 Å². The second kappa shape index (κ2) is 8.04. The summed E-state index contributed by atoms with van der Waals surface area (Å²) in [5.74, 6) is 0.292. The van der Waals surface area contributed by atoms with Crippen LogP contribution in [0.3, 0.4) is 0 Å². The number of aryl methyl sites for hydroxylation is 1. The number of piperazine rings is 1. The predicted octanol–water partition coefficient (Wildman–Crippen LogP) is 2.03. The van der Waals surface area contributed by atoms with E-state index in [0.717, 1.165) is 44.6 Å². The highest BCUT2D eigenvalue weighted by atomic mass is 32.2. The van der Waals surface area contributed by atoms with Crippen molar-refractivity contribution in [1.82, 2.24) is 14.2 Å². The lowest BCUT2D eigenvalue weighted by molar-refractivity contribution is 0.179. The van der Waals surface area contributed by atoms with Crippen LogP contribution < -0.4 is 0 Å². The molecule has 22 heavy (non-hydrogen) atoms. The highest BCUT2D eigenvalue weighted by Gasteiger charge is 2.26. The third-order valence-corrected chi connectivity index (χ3v) is 6.18. The van der Waals surface area contributed by atoms with E-state index < -0.39 is 10.0 Å². The van der Waals surface area contributed by atoms with Gasteiger partial charge in [-0.1, -0.05) is 25.8 Å². The summed E-state index contributed by atoms with van der Waals surface area (Å²) < 4.78 is 26.2. The van der Waals surface area contributed by atoms with Crippen LogP contribution in [-0.4, -0.2) is 54.5 Å². The summed E-state index contributed by atoms with van der Waals surface area (Å²) in [6, 6.07) is 4.01. The molecule has 0 unspecified atom stereocenters. The molecule has 0 bridgehead atoms. The first-order valence-electron chi connectivity index (χ1n) is 8.13. The monoisotopic (exact) mass is 325 g/mol. The largest absolute Gasteiger partial charge is 0.295 e. The average molecular weight is 325 g/mol. The van der Waals surface area contributed by atoms with Gasteiger partial charge in [0, 0.05) is 38.9 Å². The molecule has 1 fully saturated rings. The molecule has 0 atom stereocenters. The van der Waals surface area contributed by atoms with Crippen LogP contribution in [0, 0.1) is 6.92 Å². The molecule has 0 aliphatic carbocycles. The Bertz CT molecular complexity index is 567. The van der Waals surface area contributed by atoms with Gasteiger partial charge in [0.05, 0.1) is 11.4 Å². The maximum Gasteiger partial charge on any atom is 0.214 e. The van der Waals surface area contributed by atoms with Gasteiger partial charge in [-0.05, 0) is 25.0 Å². The molecule has 5 nitrogen and oxygen atoms in total. The van der Waals surface area contributed by atoms with Crippen molar-refractivity contribution in [1.29, 1.82) is 0 Å². The van der Waals surface area contributed by atoms with Crippen LogP contribution in [0.4, 0.5) is 0 Å². The van der Waals surface area contributed by atoms with Crippen molar-refractivity contribution >= 4 is 10.0 Å². The minimum absolute atomic E-state index is 0.292. The molecule has 2 heterocycles. The summed E-state index contributed by atoms with van der Waals surface area (Å²) in [6.45, 7) is 7.71. The summed E-state index contributed by atoms with van der Waals surface area (Å²) in [7, 11) is -3.07. The molecule has 1 aliphatic rings. The number of hydrogen-bond donors (Lipinski definition) is 0. The van der Waals surface area contributed by atoms with E-state index in [-0.39, 0.29) is 0 Å². The van der Waals surface area contributed by atoms with E-state index in [2.05, 4.69) is 29.8 Å². The van der Waals surface area contributed by atoms with Crippen molar-refractivity contribution < 1.29 is 8.42 Å². The van der Waals surface area contributed by atoms with Gasteiger partial charge < -0.3 is 0 Å². The molecule has 0 N–H and O–H groups in total. The van der Waals surface area contributed by atoms with E-state index in [1.165, 1.54) is 5.56 Å². The summed E-state index contributed by atoms with van der Waals surface area (Å²) in [4.78, 5) is 6.70. The summed E-state index contributed by atoms with van der Waals surface area (Å²) in [5.41, 5.74) is 2.28. The highest BCUT2D eigenvalue weighted by Crippen LogP contribution is 2.13. The molecule has 1 aliphatic heterocycles. The van der Waals surface area contributed by atoms with Crippen LogP contribution in [0.25, 0.3) is 0 Å². The molecule has 1 saturated heterocycles. The molecule has 2 rings (SSSR count). The van der Waals surface area contributed by atoms with E-state index in [0.29, 0.717) is 18.8 Å². The first-order chi connectivity index (χ1) is 10.5. The number of aromatic nitrogens is 1. The van der Waals surface area contributed by atoms with Crippen LogP contribution in [-0.2, 0) is 16.6 Å². The lowest BCUT2D eigenvalue weighted by Gasteiger charge is -2.34. The molecule has 0 saturated carbocycles. The summed E-state index contributed by atoms with van der Waals surface area (Å²) >= 11 is 0.